The molecule has 8 aromatic carbocycles. The number of hydrogen-bond acceptors (Lipinski definition) is 1. The van der Waals surface area contributed by atoms with Crippen molar-refractivity contribution in [3.05, 3.63) is 200 Å². The Hall–Kier alpha value is -7.89. The third kappa shape index (κ3) is 4.27. The second-order valence-corrected chi connectivity index (χ2v) is 15.2. The van der Waals surface area contributed by atoms with Gasteiger partial charge in [0.25, 0.3) is 0 Å². The van der Waals surface area contributed by atoms with E-state index in [0.717, 1.165) is 44.9 Å². The smallest absolute Gasteiger partial charge is 0.139 e. The Kier molecular flexibility index (Phi) is 6.38. The summed E-state index contributed by atoms with van der Waals surface area (Å²) in [7, 11) is 0. The summed E-state index contributed by atoms with van der Waals surface area (Å²) in [5, 5.41) is 9.83. The van der Waals surface area contributed by atoms with Crippen molar-refractivity contribution in [2.45, 2.75) is 0 Å². The van der Waals surface area contributed by atoms with E-state index in [1.165, 1.54) is 65.2 Å². The van der Waals surface area contributed by atoms with Crippen molar-refractivity contribution in [2.24, 2.45) is 0 Å². The van der Waals surface area contributed by atoms with Gasteiger partial charge in [0, 0.05) is 66.7 Å². The first-order valence-corrected chi connectivity index (χ1v) is 19.8. The average molecular weight is 740 g/mol. The van der Waals surface area contributed by atoms with Crippen molar-refractivity contribution in [3.63, 3.8) is 0 Å². The van der Waals surface area contributed by atoms with Crippen LogP contribution in [-0.2, 0) is 0 Å². The molecule has 5 heteroatoms. The van der Waals surface area contributed by atoms with Gasteiger partial charge < -0.3 is 13.7 Å². The van der Waals surface area contributed by atoms with Crippen LogP contribution in [0.25, 0.3) is 110 Å². The summed E-state index contributed by atoms with van der Waals surface area (Å²) in [6.07, 6.45) is 1.95. The topological polar surface area (TPSA) is 32.6 Å². The highest BCUT2D eigenvalue weighted by atomic mass is 15.1. The molecular formula is C53H33N5. The summed E-state index contributed by atoms with van der Waals surface area (Å²) in [6, 6.07) is 70.5. The molecule has 0 amide bonds. The van der Waals surface area contributed by atoms with Gasteiger partial charge >= 0.3 is 0 Å². The standard InChI is InChI=1S/C53H33N5/c1-7-19-45-37(13-1)38-14-2-8-20-46(38)55(45)34-25-27-51-43(31-34)44-32-35(56-47-21-9-3-15-39(47)40-16-4-10-22-48(40)56)26-28-52(44)57(51)36-29-30-54-53(33-36)58-49-23-11-5-17-41(49)42-18-6-12-24-50(42)58/h1-33H. The molecule has 5 heterocycles. The summed E-state index contributed by atoms with van der Waals surface area (Å²) < 4.78 is 9.53. The van der Waals surface area contributed by atoms with E-state index in [9.17, 15) is 0 Å². The Labute approximate surface area is 332 Å². The van der Waals surface area contributed by atoms with Crippen molar-refractivity contribution in [2.75, 3.05) is 0 Å². The normalized spacial score (nSPS) is 12.1. The Morgan fingerprint density at radius 3 is 0.897 bits per heavy atom. The second-order valence-electron chi connectivity index (χ2n) is 15.2. The molecule has 58 heavy (non-hydrogen) atoms. The summed E-state index contributed by atoms with van der Waals surface area (Å²) in [4.78, 5) is 5.01. The Bertz CT molecular complexity index is 3480. The van der Waals surface area contributed by atoms with Gasteiger partial charge in [-0.15, -0.1) is 0 Å². The number of fused-ring (bicyclic) bond motifs is 12. The molecule has 0 aliphatic rings. The maximum absolute atomic E-state index is 5.01. The number of hydrogen-bond donors (Lipinski definition) is 0. The van der Waals surface area contributed by atoms with E-state index in [1.54, 1.807) is 0 Å². The summed E-state index contributed by atoms with van der Waals surface area (Å²) in [5.41, 5.74) is 12.7. The minimum Gasteiger partial charge on any atom is -0.309 e. The van der Waals surface area contributed by atoms with E-state index in [-0.39, 0.29) is 0 Å². The molecular weight excluding hydrogens is 707 g/mol. The zero-order valence-corrected chi connectivity index (χ0v) is 31.3. The monoisotopic (exact) mass is 739 g/mol. The van der Waals surface area contributed by atoms with E-state index >= 15 is 0 Å². The van der Waals surface area contributed by atoms with E-state index in [1.807, 2.05) is 6.20 Å². The zero-order chi connectivity index (χ0) is 37.9. The van der Waals surface area contributed by atoms with Gasteiger partial charge in [0.15, 0.2) is 0 Å². The van der Waals surface area contributed by atoms with Crippen LogP contribution in [0.2, 0.25) is 0 Å². The van der Waals surface area contributed by atoms with Gasteiger partial charge in [-0.3, -0.25) is 4.57 Å². The van der Waals surface area contributed by atoms with Crippen LogP contribution in [0.4, 0.5) is 0 Å². The zero-order valence-electron chi connectivity index (χ0n) is 31.3. The molecule has 0 atom stereocenters. The van der Waals surface area contributed by atoms with E-state index in [4.69, 9.17) is 4.98 Å². The Morgan fingerprint density at radius 1 is 0.241 bits per heavy atom. The maximum atomic E-state index is 5.01. The van der Waals surface area contributed by atoms with Crippen molar-refractivity contribution >= 4 is 87.2 Å². The van der Waals surface area contributed by atoms with Crippen LogP contribution in [0.3, 0.4) is 0 Å². The van der Waals surface area contributed by atoms with Crippen LogP contribution in [0, 0.1) is 0 Å². The van der Waals surface area contributed by atoms with Crippen molar-refractivity contribution in [1.29, 1.82) is 0 Å². The fraction of sp³-hybridized carbons (Fsp3) is 0. The van der Waals surface area contributed by atoms with Crippen LogP contribution in [-0.4, -0.2) is 23.3 Å². The summed E-state index contributed by atoms with van der Waals surface area (Å²) in [6.45, 7) is 0. The van der Waals surface area contributed by atoms with Crippen LogP contribution in [0.5, 0.6) is 0 Å². The van der Waals surface area contributed by atoms with Crippen molar-refractivity contribution in [3.8, 4) is 22.9 Å². The van der Waals surface area contributed by atoms with Gasteiger partial charge in [-0.25, -0.2) is 4.98 Å². The summed E-state index contributed by atoms with van der Waals surface area (Å²) >= 11 is 0. The van der Waals surface area contributed by atoms with Crippen LogP contribution in [0.1, 0.15) is 0 Å². The first-order valence-electron chi connectivity index (χ1n) is 19.8. The number of nitrogens with zero attached hydrogens (tertiary/aromatic N) is 5. The van der Waals surface area contributed by atoms with Crippen LogP contribution in [0.15, 0.2) is 200 Å². The molecule has 0 unspecified atom stereocenters. The van der Waals surface area contributed by atoms with Crippen LogP contribution < -0.4 is 0 Å². The lowest BCUT2D eigenvalue weighted by molar-refractivity contribution is 1.06. The lowest BCUT2D eigenvalue weighted by Gasteiger charge is -2.13. The molecule has 0 bridgehead atoms. The fourth-order valence-corrected chi connectivity index (χ4v) is 9.80. The first kappa shape index (κ1) is 31.3. The van der Waals surface area contributed by atoms with Gasteiger partial charge in [0.1, 0.15) is 5.82 Å². The number of rotatable bonds is 4. The molecule has 0 fully saturated rings. The van der Waals surface area contributed by atoms with Gasteiger partial charge in [0.2, 0.25) is 0 Å². The van der Waals surface area contributed by atoms with E-state index in [0.29, 0.717) is 0 Å². The third-order valence-electron chi connectivity index (χ3n) is 12.2. The minimum atomic E-state index is 0.883. The number of benzene rings is 8. The average Bonchev–Trinajstić information content (AvgIpc) is 4.01. The van der Waals surface area contributed by atoms with E-state index < -0.39 is 0 Å². The lowest BCUT2D eigenvalue weighted by Crippen LogP contribution is -2.01. The number of pyridine rings is 1. The van der Waals surface area contributed by atoms with E-state index in [2.05, 4.69) is 212 Å². The number of aromatic nitrogens is 5. The molecule has 0 aliphatic carbocycles. The SMILES string of the molecule is c1ccc2c(c1)c1ccccc1n2-c1ccc2c(c1)c1cc(-n3c4ccccc4c4ccccc43)ccc1n2-c1ccnc(-n2c3ccccc3c3ccccc32)c1. The minimum absolute atomic E-state index is 0.883. The molecule has 0 N–H and O–H groups in total. The van der Waals surface area contributed by atoms with Gasteiger partial charge in [-0.2, -0.15) is 0 Å². The lowest BCUT2D eigenvalue weighted by atomic mass is 10.1. The Balaban J connectivity index is 1.10. The highest BCUT2D eigenvalue weighted by Crippen LogP contribution is 2.40. The summed E-state index contributed by atoms with van der Waals surface area (Å²) in [5.74, 6) is 0.883. The second kappa shape index (κ2) is 11.8. The van der Waals surface area contributed by atoms with Gasteiger partial charge in [0.05, 0.1) is 49.8 Å². The fourth-order valence-electron chi connectivity index (χ4n) is 9.80. The van der Waals surface area contributed by atoms with Crippen molar-refractivity contribution in [1.82, 2.24) is 23.3 Å². The third-order valence-corrected chi connectivity index (χ3v) is 12.2. The molecule has 0 aliphatic heterocycles. The molecule has 0 saturated carbocycles. The first-order chi connectivity index (χ1) is 28.8. The molecule has 0 radical (unpaired) electrons. The molecule has 0 saturated heterocycles. The largest absolute Gasteiger partial charge is 0.309 e. The molecule has 0 spiro atoms. The molecule has 5 nitrogen and oxygen atoms in total. The van der Waals surface area contributed by atoms with Crippen LogP contribution >= 0.6 is 0 Å². The predicted molar refractivity (Wildman–Crippen MR) is 242 cm³/mol. The highest BCUT2D eigenvalue weighted by Gasteiger charge is 2.20. The maximum Gasteiger partial charge on any atom is 0.139 e. The Morgan fingerprint density at radius 2 is 0.534 bits per heavy atom. The molecule has 13 rings (SSSR count). The quantitative estimate of drug-likeness (QED) is 0.177. The van der Waals surface area contributed by atoms with Gasteiger partial charge in [-0.05, 0) is 78.9 Å². The van der Waals surface area contributed by atoms with Crippen molar-refractivity contribution < 1.29 is 0 Å². The predicted octanol–water partition coefficient (Wildman–Crippen LogP) is 13.5. The molecule has 270 valence electrons. The molecule has 5 aromatic heterocycles. The number of para-hydroxylation sites is 6. The van der Waals surface area contributed by atoms with Gasteiger partial charge in [-0.1, -0.05) is 109 Å². The highest BCUT2D eigenvalue weighted by molar-refractivity contribution is 6.14. The molecule has 13 aromatic rings.